The minimum atomic E-state index is -0.465. The van der Waals surface area contributed by atoms with Gasteiger partial charge in [-0.3, -0.25) is 4.98 Å². The number of ether oxygens (including phenoxy) is 5. The van der Waals surface area contributed by atoms with Crippen LogP contribution in [-0.4, -0.2) is 71.0 Å². The average molecular weight is 418 g/mol. The van der Waals surface area contributed by atoms with Gasteiger partial charge in [-0.25, -0.2) is 4.79 Å². The molecule has 8 nitrogen and oxygen atoms in total. The molecule has 0 aliphatic rings. The highest BCUT2D eigenvalue weighted by Gasteiger charge is 2.02. The Morgan fingerprint density at radius 2 is 1.47 bits per heavy atom. The van der Waals surface area contributed by atoms with Gasteiger partial charge in [0, 0.05) is 25.0 Å². The van der Waals surface area contributed by atoms with Gasteiger partial charge in [0.2, 0.25) is 0 Å². The topological polar surface area (TPSA) is 88.1 Å². The van der Waals surface area contributed by atoms with Crippen LogP contribution >= 0.6 is 0 Å². The number of carbonyl (C=O) groups excluding carboxylic acids is 1. The molecule has 8 heteroatoms. The van der Waals surface area contributed by atoms with Crippen LogP contribution in [-0.2, 0) is 18.9 Å². The van der Waals surface area contributed by atoms with Crippen LogP contribution in [0.25, 0.3) is 11.1 Å². The molecule has 0 unspecified atom stereocenters. The Morgan fingerprint density at radius 3 is 2.07 bits per heavy atom. The van der Waals surface area contributed by atoms with Crippen LogP contribution in [0, 0.1) is 6.92 Å². The summed E-state index contributed by atoms with van der Waals surface area (Å²) in [7, 11) is 1.51. The highest BCUT2D eigenvalue weighted by atomic mass is 16.6. The Morgan fingerprint density at radius 1 is 0.867 bits per heavy atom. The van der Waals surface area contributed by atoms with E-state index in [2.05, 4.69) is 17.2 Å². The van der Waals surface area contributed by atoms with Crippen molar-refractivity contribution in [2.75, 3.05) is 59.9 Å². The molecule has 0 atom stereocenters. The summed E-state index contributed by atoms with van der Waals surface area (Å²) in [6.07, 6.45) is 3.20. The number of nitrogens with zero attached hydrogens (tertiary/aromatic N) is 1. The molecule has 2 rings (SSSR count). The van der Waals surface area contributed by atoms with E-state index in [0.717, 1.165) is 16.9 Å². The van der Waals surface area contributed by atoms with Crippen molar-refractivity contribution in [1.29, 1.82) is 0 Å². The summed E-state index contributed by atoms with van der Waals surface area (Å²) in [5, 5.41) is 2.36. The van der Waals surface area contributed by atoms with Gasteiger partial charge in [-0.15, -0.1) is 0 Å². The van der Waals surface area contributed by atoms with E-state index in [1.807, 2.05) is 36.5 Å². The number of pyridine rings is 1. The largest absolute Gasteiger partial charge is 0.491 e. The summed E-state index contributed by atoms with van der Waals surface area (Å²) >= 11 is 0. The lowest BCUT2D eigenvalue weighted by molar-refractivity contribution is 0.00204. The second-order valence-electron chi connectivity index (χ2n) is 6.29. The minimum Gasteiger partial charge on any atom is -0.491 e. The van der Waals surface area contributed by atoms with Crippen LogP contribution < -0.4 is 10.1 Å². The van der Waals surface area contributed by atoms with Crippen molar-refractivity contribution in [3.63, 3.8) is 0 Å². The molecule has 0 radical (unpaired) electrons. The molecule has 0 saturated carbocycles. The van der Waals surface area contributed by atoms with E-state index < -0.39 is 6.09 Å². The van der Waals surface area contributed by atoms with E-state index in [4.69, 9.17) is 23.7 Å². The number of benzene rings is 1. The molecular weight excluding hydrogens is 388 g/mol. The number of aromatic nitrogens is 1. The van der Waals surface area contributed by atoms with Gasteiger partial charge >= 0.3 is 6.09 Å². The minimum absolute atomic E-state index is 0.217. The number of aryl methyl sites for hydroxylation is 1. The standard InChI is InChI=1S/C22H30N2O6/c1-18-7-8-24-17-21(18)19-3-5-20(6-4-19)29-15-13-27-11-9-26-10-12-28-14-16-30-22(25)23-2/h3-8,17H,9-16H2,1-2H3,(H,23,25). The Labute approximate surface area is 177 Å². The van der Waals surface area contributed by atoms with Crippen LogP contribution in [0.1, 0.15) is 5.56 Å². The SMILES string of the molecule is CNC(=O)OCCOCCOCCOCCOc1ccc(-c2cnccc2C)cc1. The molecular formula is C22H30N2O6. The maximum atomic E-state index is 10.8. The van der Waals surface area contributed by atoms with E-state index in [0.29, 0.717) is 46.2 Å². The first-order chi connectivity index (χ1) is 14.7. The average Bonchev–Trinajstić information content (AvgIpc) is 2.77. The van der Waals surface area contributed by atoms with Gasteiger partial charge in [0.15, 0.2) is 0 Å². The molecule has 1 aromatic heterocycles. The summed E-state index contributed by atoms with van der Waals surface area (Å²) in [4.78, 5) is 15.0. The zero-order valence-corrected chi connectivity index (χ0v) is 17.6. The van der Waals surface area contributed by atoms with Crippen molar-refractivity contribution < 1.29 is 28.5 Å². The number of nitrogens with one attached hydrogen (secondary N) is 1. The number of hydrogen-bond acceptors (Lipinski definition) is 7. The predicted octanol–water partition coefficient (Wildman–Crippen LogP) is 2.84. The number of amides is 1. The normalized spacial score (nSPS) is 10.6. The highest BCUT2D eigenvalue weighted by molar-refractivity contribution is 5.67. The first-order valence-corrected chi connectivity index (χ1v) is 9.92. The molecule has 30 heavy (non-hydrogen) atoms. The molecule has 1 amide bonds. The van der Waals surface area contributed by atoms with Crippen LogP contribution in [0.2, 0.25) is 0 Å². The highest BCUT2D eigenvalue weighted by Crippen LogP contribution is 2.24. The van der Waals surface area contributed by atoms with Gasteiger partial charge in [0.25, 0.3) is 0 Å². The van der Waals surface area contributed by atoms with Crippen molar-refractivity contribution in [3.8, 4) is 16.9 Å². The number of carbonyl (C=O) groups is 1. The number of rotatable bonds is 14. The Kier molecular flexibility index (Phi) is 11.3. The van der Waals surface area contributed by atoms with E-state index >= 15 is 0 Å². The van der Waals surface area contributed by atoms with E-state index in [9.17, 15) is 4.79 Å². The van der Waals surface area contributed by atoms with Gasteiger partial charge < -0.3 is 29.0 Å². The molecule has 0 aliphatic carbocycles. The lowest BCUT2D eigenvalue weighted by atomic mass is 10.0. The fourth-order valence-corrected chi connectivity index (χ4v) is 2.52. The van der Waals surface area contributed by atoms with Crippen molar-refractivity contribution >= 4 is 6.09 Å². The lowest BCUT2D eigenvalue weighted by Gasteiger charge is -2.09. The van der Waals surface area contributed by atoms with Crippen LogP contribution in [0.3, 0.4) is 0 Å². The van der Waals surface area contributed by atoms with Crippen molar-refractivity contribution in [1.82, 2.24) is 10.3 Å². The lowest BCUT2D eigenvalue weighted by Crippen LogP contribution is -2.21. The third-order valence-electron chi connectivity index (χ3n) is 4.11. The molecule has 0 fully saturated rings. The molecule has 1 aromatic carbocycles. The first kappa shape index (κ1) is 23.6. The molecule has 1 heterocycles. The number of hydrogen-bond donors (Lipinski definition) is 1. The molecule has 0 saturated heterocycles. The summed E-state index contributed by atoms with van der Waals surface area (Å²) < 4.78 is 26.6. The smallest absolute Gasteiger partial charge is 0.406 e. The molecule has 1 N–H and O–H groups in total. The second-order valence-corrected chi connectivity index (χ2v) is 6.29. The van der Waals surface area contributed by atoms with Gasteiger partial charge in [-0.05, 0) is 36.2 Å². The maximum Gasteiger partial charge on any atom is 0.406 e. The van der Waals surface area contributed by atoms with E-state index in [1.54, 1.807) is 6.20 Å². The molecule has 0 bridgehead atoms. The molecule has 164 valence electrons. The quantitative estimate of drug-likeness (QED) is 0.472. The van der Waals surface area contributed by atoms with Gasteiger partial charge in [0.05, 0.1) is 39.6 Å². The zero-order valence-electron chi connectivity index (χ0n) is 17.6. The molecule has 0 aliphatic heterocycles. The summed E-state index contributed by atoms with van der Waals surface area (Å²) in [6, 6.07) is 9.95. The first-order valence-electron chi connectivity index (χ1n) is 9.92. The predicted molar refractivity (Wildman–Crippen MR) is 113 cm³/mol. The Bertz CT molecular complexity index is 739. The van der Waals surface area contributed by atoms with Gasteiger partial charge in [-0.2, -0.15) is 0 Å². The third kappa shape index (κ3) is 9.21. The third-order valence-corrected chi connectivity index (χ3v) is 4.11. The van der Waals surface area contributed by atoms with Crippen LogP contribution in [0.15, 0.2) is 42.7 Å². The zero-order chi connectivity index (χ0) is 21.4. The summed E-state index contributed by atoms with van der Waals surface area (Å²) in [5.74, 6) is 0.803. The molecule has 2 aromatic rings. The molecule has 0 spiro atoms. The summed E-state index contributed by atoms with van der Waals surface area (Å²) in [5.41, 5.74) is 3.43. The van der Waals surface area contributed by atoms with Crippen molar-refractivity contribution in [2.24, 2.45) is 0 Å². The van der Waals surface area contributed by atoms with E-state index in [1.165, 1.54) is 12.6 Å². The van der Waals surface area contributed by atoms with E-state index in [-0.39, 0.29) is 6.61 Å². The van der Waals surface area contributed by atoms with Gasteiger partial charge in [-0.1, -0.05) is 12.1 Å². The van der Waals surface area contributed by atoms with Gasteiger partial charge in [0.1, 0.15) is 19.0 Å². The monoisotopic (exact) mass is 418 g/mol. The number of alkyl carbamates (subject to hydrolysis) is 1. The van der Waals surface area contributed by atoms with Crippen LogP contribution in [0.4, 0.5) is 4.79 Å². The second kappa shape index (κ2) is 14.3. The summed E-state index contributed by atoms with van der Waals surface area (Å²) in [6.45, 7) is 5.46. The Balaban J connectivity index is 1.45. The maximum absolute atomic E-state index is 10.8. The van der Waals surface area contributed by atoms with Crippen molar-refractivity contribution in [3.05, 3.63) is 48.3 Å². The fourth-order valence-electron chi connectivity index (χ4n) is 2.52. The Hall–Kier alpha value is -2.68. The van der Waals surface area contributed by atoms with Crippen LogP contribution in [0.5, 0.6) is 5.75 Å². The van der Waals surface area contributed by atoms with Crippen molar-refractivity contribution in [2.45, 2.75) is 6.92 Å². The fraction of sp³-hybridized carbons (Fsp3) is 0.455.